The molecule has 5 aliphatic carbocycles. The van der Waals surface area contributed by atoms with Crippen LogP contribution in [-0.4, -0.2) is 29.9 Å². The molecule has 0 spiro atoms. The smallest absolute Gasteiger partial charge is 0.119 e. The minimum Gasteiger partial charge on any atom is -0.494 e. The number of benzene rings is 1. The van der Waals surface area contributed by atoms with Gasteiger partial charge >= 0.3 is 0 Å². The second-order valence-electron chi connectivity index (χ2n) is 14.3. The summed E-state index contributed by atoms with van der Waals surface area (Å²) in [5, 5.41) is 14.2. The highest BCUT2D eigenvalue weighted by atomic mass is 16.5. The lowest BCUT2D eigenvalue weighted by molar-refractivity contribution is 0.0856. The Morgan fingerprint density at radius 2 is 1.85 bits per heavy atom. The average molecular weight is 534 g/mol. The summed E-state index contributed by atoms with van der Waals surface area (Å²) in [6.07, 6.45) is 26.8. The van der Waals surface area contributed by atoms with E-state index >= 15 is 0 Å². The van der Waals surface area contributed by atoms with Crippen LogP contribution in [0.3, 0.4) is 0 Å². The van der Waals surface area contributed by atoms with Crippen LogP contribution in [0.2, 0.25) is 0 Å². The minimum absolute atomic E-state index is 0.211. The zero-order valence-corrected chi connectivity index (χ0v) is 24.7. The number of nitrogens with one attached hydrogen (secondary N) is 1. The van der Waals surface area contributed by atoms with Crippen LogP contribution in [0.25, 0.3) is 0 Å². The first-order valence-corrected chi connectivity index (χ1v) is 17.0. The molecule has 4 fully saturated rings. The van der Waals surface area contributed by atoms with Crippen LogP contribution in [0.1, 0.15) is 115 Å². The lowest BCUT2D eigenvalue weighted by atomic mass is 9.63. The molecular formula is C36H55NO2. The molecule has 0 aliphatic heterocycles. The fourth-order valence-electron chi connectivity index (χ4n) is 9.99. The van der Waals surface area contributed by atoms with Gasteiger partial charge in [-0.2, -0.15) is 0 Å². The van der Waals surface area contributed by atoms with Gasteiger partial charge in [-0.15, -0.1) is 0 Å². The fourth-order valence-corrected chi connectivity index (χ4v) is 9.99. The van der Waals surface area contributed by atoms with Crippen molar-refractivity contribution in [2.24, 2.45) is 35.0 Å². The van der Waals surface area contributed by atoms with Gasteiger partial charge in [-0.3, -0.25) is 0 Å². The summed E-state index contributed by atoms with van der Waals surface area (Å²) >= 11 is 0. The van der Waals surface area contributed by atoms with E-state index in [4.69, 9.17) is 4.74 Å². The van der Waals surface area contributed by atoms with E-state index in [0.717, 1.165) is 54.9 Å². The summed E-state index contributed by atoms with van der Waals surface area (Å²) in [4.78, 5) is 0. The van der Waals surface area contributed by atoms with Gasteiger partial charge in [0.15, 0.2) is 0 Å². The molecule has 1 aromatic rings. The molecule has 216 valence electrons. The third kappa shape index (κ3) is 6.45. The van der Waals surface area contributed by atoms with E-state index in [1.165, 1.54) is 102 Å². The molecule has 5 aliphatic rings. The quantitative estimate of drug-likeness (QED) is 0.314. The van der Waals surface area contributed by atoms with Crippen LogP contribution in [0.15, 0.2) is 36.4 Å². The van der Waals surface area contributed by atoms with E-state index in [1.807, 2.05) is 0 Å². The second kappa shape index (κ2) is 12.7. The molecule has 0 heterocycles. The Kier molecular flexibility index (Phi) is 9.05. The van der Waals surface area contributed by atoms with Crippen LogP contribution in [0, 0.1) is 35.0 Å². The Morgan fingerprint density at radius 3 is 2.72 bits per heavy atom. The van der Waals surface area contributed by atoms with Crippen LogP contribution >= 0.6 is 0 Å². The largest absolute Gasteiger partial charge is 0.494 e. The molecule has 0 saturated heterocycles. The van der Waals surface area contributed by atoms with E-state index in [9.17, 15) is 5.11 Å². The Bertz CT molecular complexity index is 953. The summed E-state index contributed by atoms with van der Waals surface area (Å²) in [5.74, 6) is 5.29. The van der Waals surface area contributed by atoms with Gasteiger partial charge in [-0.25, -0.2) is 0 Å². The van der Waals surface area contributed by atoms with Crippen molar-refractivity contribution in [3.8, 4) is 5.75 Å². The summed E-state index contributed by atoms with van der Waals surface area (Å²) in [7, 11) is 0. The van der Waals surface area contributed by atoms with E-state index in [2.05, 4.69) is 48.7 Å². The van der Waals surface area contributed by atoms with Crippen molar-refractivity contribution >= 4 is 0 Å². The first kappa shape index (κ1) is 27.8. The zero-order valence-electron chi connectivity index (χ0n) is 24.7. The number of allylic oxidation sites excluding steroid dienone is 1. The highest BCUT2D eigenvalue weighted by Crippen LogP contribution is 2.59. The van der Waals surface area contributed by atoms with Crippen molar-refractivity contribution < 1.29 is 9.84 Å². The van der Waals surface area contributed by atoms with Crippen LogP contribution in [-0.2, 0) is 6.42 Å². The molecule has 1 aromatic carbocycles. The van der Waals surface area contributed by atoms with Crippen molar-refractivity contribution in [3.05, 3.63) is 42.0 Å². The van der Waals surface area contributed by atoms with Gasteiger partial charge in [0.05, 0.1) is 12.7 Å². The molecule has 0 bridgehead atoms. The molecule has 39 heavy (non-hydrogen) atoms. The van der Waals surface area contributed by atoms with Gasteiger partial charge in [0, 0.05) is 12.1 Å². The van der Waals surface area contributed by atoms with Crippen LogP contribution in [0.4, 0.5) is 0 Å². The first-order chi connectivity index (χ1) is 19.1. The second-order valence-corrected chi connectivity index (χ2v) is 14.3. The van der Waals surface area contributed by atoms with Gasteiger partial charge in [0.2, 0.25) is 0 Å². The number of ether oxygens (including phenoxy) is 1. The van der Waals surface area contributed by atoms with Crippen LogP contribution < -0.4 is 10.1 Å². The Labute approximate surface area is 238 Å². The number of fused-ring (bicyclic) bond motifs is 4. The number of aliphatic hydroxyl groups excluding tert-OH is 1. The lowest BCUT2D eigenvalue weighted by Gasteiger charge is -2.42. The molecule has 4 saturated carbocycles. The van der Waals surface area contributed by atoms with E-state index in [1.54, 1.807) is 0 Å². The maximum absolute atomic E-state index is 10.3. The Morgan fingerprint density at radius 1 is 0.949 bits per heavy atom. The standard InChI is InChI=1S/C36H55NO2/c1-2-30(37-31-9-3-4-10-31)23-26-7-5-11-33(24-26)39-22-21-36-19-6-8-29(36)25-28-13-12-27-14-15-32(38)16-17-34(27)35(28)18-20-36/h5,7,11,14-15,24,27-32,34-35,37-38H,2-4,6,8-10,12-13,16-23,25H2,1H3. The van der Waals surface area contributed by atoms with E-state index < -0.39 is 0 Å². The Balaban J connectivity index is 1.05. The van der Waals surface area contributed by atoms with Gasteiger partial charge < -0.3 is 15.2 Å². The predicted octanol–water partition coefficient (Wildman–Crippen LogP) is 8.25. The molecular weight excluding hydrogens is 478 g/mol. The fraction of sp³-hybridized carbons (Fsp3) is 0.778. The van der Waals surface area contributed by atoms with Gasteiger partial charge in [0.25, 0.3) is 0 Å². The third-order valence-corrected chi connectivity index (χ3v) is 12.2. The Hall–Kier alpha value is -1.32. The molecule has 8 unspecified atom stereocenters. The van der Waals surface area contributed by atoms with Crippen LogP contribution in [0.5, 0.6) is 5.75 Å². The minimum atomic E-state index is -0.211. The van der Waals surface area contributed by atoms with Gasteiger partial charge in [0.1, 0.15) is 5.75 Å². The SMILES string of the molecule is CCC(Cc1cccc(OCCC23CCCC2CC2CCC4C=CC(O)CCC4C2CC3)c1)NC1CCCC1. The average Bonchev–Trinajstić information content (AvgIpc) is 3.52. The first-order valence-electron chi connectivity index (χ1n) is 17.0. The third-order valence-electron chi connectivity index (χ3n) is 12.2. The highest BCUT2D eigenvalue weighted by Gasteiger charge is 2.49. The van der Waals surface area contributed by atoms with E-state index in [0.29, 0.717) is 17.4 Å². The molecule has 8 atom stereocenters. The molecule has 0 radical (unpaired) electrons. The molecule has 6 rings (SSSR count). The van der Waals surface area contributed by atoms with Crippen molar-refractivity contribution in [3.63, 3.8) is 0 Å². The molecule has 0 aromatic heterocycles. The summed E-state index contributed by atoms with van der Waals surface area (Å²) in [5.41, 5.74) is 1.92. The maximum Gasteiger partial charge on any atom is 0.119 e. The van der Waals surface area contributed by atoms with E-state index in [-0.39, 0.29) is 6.10 Å². The summed E-state index contributed by atoms with van der Waals surface area (Å²) < 4.78 is 6.52. The van der Waals surface area contributed by atoms with Crippen molar-refractivity contribution in [2.45, 2.75) is 134 Å². The van der Waals surface area contributed by atoms with Crippen molar-refractivity contribution in [1.29, 1.82) is 0 Å². The number of rotatable bonds is 9. The number of hydrogen-bond donors (Lipinski definition) is 2. The maximum atomic E-state index is 10.3. The molecule has 3 heteroatoms. The van der Waals surface area contributed by atoms with Gasteiger partial charge in [-0.05, 0) is 143 Å². The summed E-state index contributed by atoms with van der Waals surface area (Å²) in [6.45, 7) is 3.19. The predicted molar refractivity (Wildman–Crippen MR) is 161 cm³/mol. The molecule has 3 nitrogen and oxygen atoms in total. The van der Waals surface area contributed by atoms with Crippen molar-refractivity contribution in [2.75, 3.05) is 6.61 Å². The topological polar surface area (TPSA) is 41.5 Å². The highest BCUT2D eigenvalue weighted by molar-refractivity contribution is 5.29. The molecule has 0 amide bonds. The number of aliphatic hydroxyl groups is 1. The lowest BCUT2D eigenvalue weighted by Crippen LogP contribution is -2.37. The molecule has 2 N–H and O–H groups in total. The summed E-state index contributed by atoms with van der Waals surface area (Å²) in [6, 6.07) is 10.3. The zero-order chi connectivity index (χ0) is 26.7. The normalized spacial score (nSPS) is 37.4. The van der Waals surface area contributed by atoms with Gasteiger partial charge in [-0.1, -0.05) is 50.5 Å². The number of hydrogen-bond acceptors (Lipinski definition) is 3. The van der Waals surface area contributed by atoms with Crippen molar-refractivity contribution in [1.82, 2.24) is 5.32 Å². The monoisotopic (exact) mass is 533 g/mol.